The fourth-order valence-corrected chi connectivity index (χ4v) is 5.13. The zero-order valence-corrected chi connectivity index (χ0v) is 16.7. The van der Waals surface area contributed by atoms with Gasteiger partial charge in [-0.3, -0.25) is 4.98 Å². The first-order valence-corrected chi connectivity index (χ1v) is 9.67. The fraction of sp³-hybridized carbons (Fsp3) is 0.389. The predicted octanol–water partition coefficient (Wildman–Crippen LogP) is 2.46. The first-order chi connectivity index (χ1) is 11.9. The summed E-state index contributed by atoms with van der Waals surface area (Å²) in [7, 11) is -2.02. The van der Waals surface area contributed by atoms with E-state index in [4.69, 9.17) is 4.74 Å². The maximum atomic E-state index is 13.3. The Morgan fingerprint density at radius 3 is 2.54 bits per heavy atom. The van der Waals surface area contributed by atoms with E-state index in [0.717, 1.165) is 22.4 Å². The van der Waals surface area contributed by atoms with E-state index in [9.17, 15) is 8.42 Å². The molecule has 0 amide bonds. The second kappa shape index (κ2) is 8.35. The quantitative estimate of drug-likeness (QED) is 0.858. The van der Waals surface area contributed by atoms with Crippen LogP contribution in [0.4, 0.5) is 0 Å². The molecule has 1 aliphatic rings. The number of halogens is 1. The van der Waals surface area contributed by atoms with Crippen molar-refractivity contribution in [2.24, 2.45) is 0 Å². The molecule has 1 atom stereocenters. The Morgan fingerprint density at radius 1 is 1.27 bits per heavy atom. The van der Waals surface area contributed by atoms with Crippen LogP contribution in [0.3, 0.4) is 0 Å². The Hall–Kier alpha value is -1.67. The molecule has 0 spiro atoms. The molecule has 0 bridgehead atoms. The minimum absolute atomic E-state index is 0. The number of benzene rings is 1. The Kier molecular flexibility index (Phi) is 6.63. The molecule has 2 aromatic rings. The summed E-state index contributed by atoms with van der Waals surface area (Å²) in [5, 5.41) is 3.27. The number of aromatic nitrogens is 1. The van der Waals surface area contributed by atoms with Crippen LogP contribution in [0.1, 0.15) is 22.7 Å². The van der Waals surface area contributed by atoms with Crippen LogP contribution in [0.15, 0.2) is 41.6 Å². The van der Waals surface area contributed by atoms with Crippen molar-refractivity contribution >= 4 is 22.4 Å². The van der Waals surface area contributed by atoms with E-state index in [1.165, 1.54) is 0 Å². The number of rotatable bonds is 4. The monoisotopic (exact) mass is 397 g/mol. The topological polar surface area (TPSA) is 71.5 Å². The van der Waals surface area contributed by atoms with Gasteiger partial charge in [-0.05, 0) is 48.7 Å². The van der Waals surface area contributed by atoms with Gasteiger partial charge in [-0.25, -0.2) is 8.42 Å². The molecule has 1 aliphatic heterocycles. The first-order valence-electron chi connectivity index (χ1n) is 8.23. The third-order valence-corrected chi connectivity index (χ3v) is 6.39. The molecular formula is C18H24ClN3O3S. The van der Waals surface area contributed by atoms with Gasteiger partial charge in [0.1, 0.15) is 5.75 Å². The lowest BCUT2D eigenvalue weighted by Gasteiger charge is -2.35. The van der Waals surface area contributed by atoms with Crippen LogP contribution < -0.4 is 10.1 Å². The van der Waals surface area contributed by atoms with E-state index in [2.05, 4.69) is 10.3 Å². The largest absolute Gasteiger partial charge is 0.496 e. The maximum Gasteiger partial charge on any atom is 0.243 e. The second-order valence-electron chi connectivity index (χ2n) is 6.21. The lowest BCUT2D eigenvalue weighted by molar-refractivity contribution is 0.271. The van der Waals surface area contributed by atoms with Crippen molar-refractivity contribution < 1.29 is 13.2 Å². The minimum Gasteiger partial charge on any atom is -0.496 e. The van der Waals surface area contributed by atoms with E-state index >= 15 is 0 Å². The van der Waals surface area contributed by atoms with E-state index in [1.807, 2.05) is 26.0 Å². The predicted molar refractivity (Wildman–Crippen MR) is 103 cm³/mol. The number of ether oxygens (including phenoxy) is 1. The Bertz CT molecular complexity index is 836. The van der Waals surface area contributed by atoms with Gasteiger partial charge in [-0.1, -0.05) is 6.07 Å². The third-order valence-electron chi connectivity index (χ3n) is 4.51. The summed E-state index contributed by atoms with van der Waals surface area (Å²) in [5.74, 6) is 0.725. The molecule has 1 N–H and O–H groups in total. The summed E-state index contributed by atoms with van der Waals surface area (Å²) in [5.41, 5.74) is 2.52. The molecule has 1 unspecified atom stereocenters. The molecule has 0 aliphatic carbocycles. The summed E-state index contributed by atoms with van der Waals surface area (Å²) in [6, 6.07) is 6.84. The molecule has 0 saturated carbocycles. The molecule has 1 aromatic carbocycles. The van der Waals surface area contributed by atoms with Crippen LogP contribution in [0.25, 0.3) is 0 Å². The van der Waals surface area contributed by atoms with E-state index in [0.29, 0.717) is 24.5 Å². The molecule has 1 saturated heterocycles. The van der Waals surface area contributed by atoms with E-state index < -0.39 is 10.0 Å². The van der Waals surface area contributed by atoms with E-state index in [-0.39, 0.29) is 18.4 Å². The number of piperazine rings is 1. The van der Waals surface area contributed by atoms with Crippen molar-refractivity contribution in [3.05, 3.63) is 53.3 Å². The Morgan fingerprint density at radius 2 is 1.96 bits per heavy atom. The highest BCUT2D eigenvalue weighted by atomic mass is 35.5. The molecular weight excluding hydrogens is 374 g/mol. The van der Waals surface area contributed by atoms with Gasteiger partial charge >= 0.3 is 0 Å². The number of nitrogens with one attached hydrogen (secondary N) is 1. The maximum absolute atomic E-state index is 13.3. The fourth-order valence-electron chi connectivity index (χ4n) is 3.35. The number of hydrogen-bond donors (Lipinski definition) is 1. The molecule has 8 heteroatoms. The van der Waals surface area contributed by atoms with Gasteiger partial charge in [-0.15, -0.1) is 12.4 Å². The summed E-state index contributed by atoms with van der Waals surface area (Å²) >= 11 is 0. The first kappa shape index (κ1) is 20.6. The molecule has 26 heavy (non-hydrogen) atoms. The van der Waals surface area contributed by atoms with Crippen LogP contribution in [0.5, 0.6) is 5.75 Å². The highest BCUT2D eigenvalue weighted by Crippen LogP contribution is 2.32. The summed E-state index contributed by atoms with van der Waals surface area (Å²) < 4.78 is 33.5. The molecule has 1 aromatic heterocycles. The van der Waals surface area contributed by atoms with Crippen LogP contribution in [0, 0.1) is 13.8 Å². The highest BCUT2D eigenvalue weighted by Gasteiger charge is 2.35. The Balaban J connectivity index is 0.00000243. The van der Waals surface area contributed by atoms with Crippen molar-refractivity contribution in [1.82, 2.24) is 14.6 Å². The van der Waals surface area contributed by atoms with Gasteiger partial charge in [0.25, 0.3) is 0 Å². The van der Waals surface area contributed by atoms with Gasteiger partial charge in [0.05, 0.1) is 18.0 Å². The molecule has 142 valence electrons. The van der Waals surface area contributed by atoms with Gasteiger partial charge in [0.15, 0.2) is 0 Å². The normalized spacial score (nSPS) is 18.2. The van der Waals surface area contributed by atoms with Crippen molar-refractivity contribution in [2.45, 2.75) is 24.8 Å². The minimum atomic E-state index is -3.62. The summed E-state index contributed by atoms with van der Waals surface area (Å²) in [6.07, 6.45) is 3.42. The van der Waals surface area contributed by atoms with Crippen LogP contribution in [-0.4, -0.2) is 44.5 Å². The molecule has 3 rings (SSSR count). The SMILES string of the molecule is COc1c(C)cc(S(=O)(=O)N2CCNCC2c2cccnc2)cc1C.Cl. The average molecular weight is 398 g/mol. The van der Waals surface area contributed by atoms with Crippen molar-refractivity contribution in [1.29, 1.82) is 0 Å². The average Bonchev–Trinajstić information content (AvgIpc) is 2.62. The lowest BCUT2D eigenvalue weighted by Crippen LogP contribution is -2.48. The number of methoxy groups -OCH3 is 1. The van der Waals surface area contributed by atoms with Gasteiger partial charge in [0.2, 0.25) is 10.0 Å². The molecule has 2 heterocycles. The number of aryl methyl sites for hydroxylation is 2. The third kappa shape index (κ3) is 3.86. The van der Waals surface area contributed by atoms with Crippen molar-refractivity contribution in [3.63, 3.8) is 0 Å². The standard InChI is InChI=1S/C18H23N3O3S.ClH/c1-13-9-16(10-14(2)18(13)24-3)25(22,23)21-8-7-20-12-17(21)15-5-4-6-19-11-15;/h4-6,9-11,17,20H,7-8,12H2,1-3H3;1H. The van der Waals surface area contributed by atoms with Gasteiger partial charge in [-0.2, -0.15) is 4.31 Å². The number of sulfonamides is 1. The highest BCUT2D eigenvalue weighted by molar-refractivity contribution is 7.89. The van der Waals surface area contributed by atoms with E-state index in [1.54, 1.807) is 35.9 Å². The second-order valence-corrected chi connectivity index (χ2v) is 8.10. The zero-order chi connectivity index (χ0) is 18.0. The smallest absolute Gasteiger partial charge is 0.243 e. The lowest BCUT2D eigenvalue weighted by atomic mass is 10.1. The van der Waals surface area contributed by atoms with Crippen molar-refractivity contribution in [3.8, 4) is 5.75 Å². The molecule has 6 nitrogen and oxygen atoms in total. The summed E-state index contributed by atoms with van der Waals surface area (Å²) in [6.45, 7) is 5.34. The van der Waals surface area contributed by atoms with Crippen LogP contribution in [0.2, 0.25) is 0 Å². The molecule has 1 fully saturated rings. The van der Waals surface area contributed by atoms with Crippen LogP contribution in [-0.2, 0) is 10.0 Å². The number of pyridine rings is 1. The zero-order valence-electron chi connectivity index (χ0n) is 15.1. The summed E-state index contributed by atoms with van der Waals surface area (Å²) in [4.78, 5) is 4.44. The number of nitrogens with zero attached hydrogens (tertiary/aromatic N) is 2. The molecule has 0 radical (unpaired) electrons. The number of hydrogen-bond acceptors (Lipinski definition) is 5. The Labute approximate surface area is 161 Å². The van der Waals surface area contributed by atoms with Crippen molar-refractivity contribution in [2.75, 3.05) is 26.7 Å². The van der Waals surface area contributed by atoms with Gasteiger partial charge < -0.3 is 10.1 Å². The van der Waals surface area contributed by atoms with Gasteiger partial charge in [0, 0.05) is 32.0 Å². The van der Waals surface area contributed by atoms with Crippen LogP contribution >= 0.6 is 12.4 Å².